The van der Waals surface area contributed by atoms with Crippen molar-refractivity contribution >= 4 is 173 Å². The second kappa shape index (κ2) is 124. The monoisotopic (exact) mass is 2110 g/mol. The zero-order valence-corrected chi connectivity index (χ0v) is 90.7. The van der Waals surface area contributed by atoms with E-state index in [1.54, 1.807) is 0 Å². The standard InChI is InChI=1S/4C20H43O2PS2.3Mo.3O.4S/c4*1-3-5-7-9-11-13-15-17-19-21-23(24,25)22-20-18-16-14-12-10-8-6-4-2;;;;;;;;;;/h4*3-20H2,1-2H3,(H,24,25);;;;;;;;;;/q;;;;3*+4;;;;4*-2/p-4. The molecule has 0 heterocycles. The molecule has 0 fully saturated rings. The van der Waals surface area contributed by atoms with Crippen LogP contribution >= 0.6 is 22.8 Å². The Bertz CT molecular complexity index is 1480. The average Bonchev–Trinajstić information content (AvgIpc) is 0.964. The predicted molar refractivity (Wildman–Crippen MR) is 507 cm³/mol. The maximum absolute atomic E-state index is 8.26. The number of hydrogen-bond acceptors (Lipinski definition) is 19. The first kappa shape index (κ1) is 140. The van der Waals surface area contributed by atoms with Gasteiger partial charge in [0.2, 0.25) is 0 Å². The molecule has 0 unspecified atom stereocenters. The van der Waals surface area contributed by atoms with Crippen LogP contribution in [0.3, 0.4) is 0 Å². The van der Waals surface area contributed by atoms with Crippen molar-refractivity contribution in [2.45, 2.75) is 466 Å². The SMILES string of the molecule is CCCCCCCCCCOP(=S)([S-])OCCCCCCCCCC.CCCCCCCCCCOP(=S)([S-])OCCCCCCCCCC.CCCCCCCCCCOP(=S)([S-])OCCCCCCCCCC.CCCCCCCCCCOP(=S)([S-])OCCCCCCCCCC.[O]=[Mo+4].[O]=[Mo+4].[O]=[Mo+4].[S-2].[S-2].[S-2].[S-2]. The van der Waals surface area contributed by atoms with E-state index in [0.29, 0.717) is 112 Å². The predicted octanol–water partition coefficient (Wildman–Crippen LogP) is 31.9. The molecule has 0 aromatic heterocycles. The molecular weight excluding hydrogens is 1930 g/mol. The summed E-state index contributed by atoms with van der Waals surface area (Å²) in [7, 11) is 0. The Balaban J connectivity index is -0.000000127. The first-order valence-electron chi connectivity index (χ1n) is 43.4. The van der Waals surface area contributed by atoms with Gasteiger partial charge in [0.25, 0.3) is 0 Å². The van der Waals surface area contributed by atoms with Crippen LogP contribution in [0.5, 0.6) is 0 Å². The molecular formula is C80H168Mo3O11P4S12. The summed E-state index contributed by atoms with van der Waals surface area (Å²) < 4.78 is 70.1. The number of rotatable bonds is 80. The molecule has 0 radical (unpaired) electrons. The van der Waals surface area contributed by atoms with Gasteiger partial charge in [-0.1, -0.05) is 462 Å². The minimum atomic E-state index is -2.42. The van der Waals surface area contributed by atoms with Crippen LogP contribution in [0.15, 0.2) is 0 Å². The Kier molecular flexibility index (Phi) is 158. The average molecular weight is 2100 g/mol. The Morgan fingerprint density at radius 2 is 0.227 bits per heavy atom. The molecule has 0 aromatic carbocycles. The summed E-state index contributed by atoms with van der Waals surface area (Å²) in [6.45, 7) is 23.4. The van der Waals surface area contributed by atoms with Gasteiger partial charge < -0.3 is 139 Å². The van der Waals surface area contributed by atoms with Crippen molar-refractivity contribution in [3.8, 4) is 0 Å². The van der Waals surface area contributed by atoms with E-state index >= 15 is 0 Å². The molecule has 0 aliphatic heterocycles. The Morgan fingerprint density at radius 1 is 0.164 bits per heavy atom. The summed E-state index contributed by atoms with van der Waals surface area (Å²) in [5.74, 6) is 0. The molecule has 0 N–H and O–H groups in total. The molecule has 664 valence electrons. The van der Waals surface area contributed by atoms with E-state index in [-0.39, 0.29) is 54.0 Å². The fourth-order valence-electron chi connectivity index (χ4n) is 11.4. The van der Waals surface area contributed by atoms with Crippen LogP contribution in [-0.2, 0) is 256 Å². The van der Waals surface area contributed by atoms with Crippen molar-refractivity contribution in [2.75, 3.05) is 52.9 Å². The summed E-state index contributed by atoms with van der Waals surface area (Å²) in [5.41, 5.74) is -9.67. The molecule has 30 heteroatoms. The van der Waals surface area contributed by atoms with Gasteiger partial charge in [-0.05, 0) is 51.4 Å². The zero-order chi connectivity index (χ0) is 80.6. The molecule has 0 saturated carbocycles. The third-order valence-electron chi connectivity index (χ3n) is 18.0. The van der Waals surface area contributed by atoms with Crippen molar-refractivity contribution in [1.29, 1.82) is 0 Å². The van der Waals surface area contributed by atoms with Crippen LogP contribution in [-0.4, -0.2) is 52.9 Å². The van der Waals surface area contributed by atoms with Gasteiger partial charge in [0, 0.05) is 0 Å². The largest absolute Gasteiger partial charge is 2.00 e. The quantitative estimate of drug-likeness (QED) is 0.0248. The summed E-state index contributed by atoms with van der Waals surface area (Å²) in [6.07, 6.45) is 82.9. The molecule has 0 aliphatic carbocycles. The van der Waals surface area contributed by atoms with Crippen LogP contribution in [0.1, 0.15) is 466 Å². The molecule has 11 nitrogen and oxygen atoms in total. The van der Waals surface area contributed by atoms with Crippen molar-refractivity contribution in [3.05, 3.63) is 0 Å². The van der Waals surface area contributed by atoms with E-state index in [9.17, 15) is 0 Å². The second-order valence-corrected chi connectivity index (χ2v) is 48.2. The van der Waals surface area contributed by atoms with Gasteiger partial charge in [0.15, 0.2) is 0 Å². The molecule has 0 aromatic rings. The van der Waals surface area contributed by atoms with E-state index in [1.807, 2.05) is 0 Å². The van der Waals surface area contributed by atoms with Crippen LogP contribution in [0.2, 0.25) is 0 Å². The van der Waals surface area contributed by atoms with Gasteiger partial charge in [0.05, 0.1) is 75.6 Å². The maximum atomic E-state index is 8.26. The molecule has 0 spiro atoms. The van der Waals surface area contributed by atoms with Crippen molar-refractivity contribution in [3.63, 3.8) is 0 Å². The minimum absolute atomic E-state index is 0. The molecule has 0 aliphatic rings. The molecule has 0 amide bonds. The summed E-state index contributed by atoms with van der Waals surface area (Å²) in [5, 5.41) is 0. The zero-order valence-electron chi connectivity index (χ0n) is 71.3. The fraction of sp³-hybridized carbons (Fsp3) is 1.00. The molecule has 0 rings (SSSR count). The maximum Gasteiger partial charge on any atom is -2.00 e. The van der Waals surface area contributed by atoms with Crippen LogP contribution in [0.25, 0.3) is 0 Å². The Morgan fingerprint density at radius 3 is 0.300 bits per heavy atom. The Hall–Kier alpha value is 6.54. The first-order valence-corrected chi connectivity index (χ1v) is 60.5. The second-order valence-electron chi connectivity index (χ2n) is 28.3. The third-order valence-corrected chi connectivity index (χ3v) is 27.0. The van der Waals surface area contributed by atoms with Crippen molar-refractivity contribution < 1.29 is 106 Å². The third kappa shape index (κ3) is 140. The number of unbranched alkanes of at least 4 members (excludes halogenated alkanes) is 56. The molecule has 0 saturated heterocycles. The van der Waals surface area contributed by atoms with E-state index in [1.165, 1.54) is 360 Å². The van der Waals surface area contributed by atoms with Crippen molar-refractivity contribution in [2.24, 2.45) is 0 Å². The van der Waals surface area contributed by atoms with Crippen LogP contribution in [0, 0.1) is 0 Å². The molecule has 110 heavy (non-hydrogen) atoms. The minimum Gasteiger partial charge on any atom is -2.00 e. The summed E-state index contributed by atoms with van der Waals surface area (Å²) in [6, 6.07) is 0. The van der Waals surface area contributed by atoms with Gasteiger partial charge >= 0.3 is 69.5 Å². The topological polar surface area (TPSA) is 125 Å². The van der Waals surface area contributed by atoms with E-state index < -0.39 is 22.8 Å². The van der Waals surface area contributed by atoms with Crippen LogP contribution < -0.4 is 0 Å². The van der Waals surface area contributed by atoms with Gasteiger partial charge in [-0.3, -0.25) is 0 Å². The molecule has 0 bridgehead atoms. The smallest absolute Gasteiger partial charge is 2.00 e. The van der Waals surface area contributed by atoms with Gasteiger partial charge in [-0.25, -0.2) is 0 Å². The number of hydrogen-bond donors (Lipinski definition) is 0. The van der Waals surface area contributed by atoms with E-state index in [0.717, 1.165) is 51.4 Å². The Labute approximate surface area is 789 Å². The van der Waals surface area contributed by atoms with E-state index in [4.69, 9.17) is 143 Å². The van der Waals surface area contributed by atoms with E-state index in [2.05, 4.69) is 55.4 Å². The normalized spacial score (nSPS) is 11.0. The van der Waals surface area contributed by atoms with Gasteiger partial charge in [0.1, 0.15) is 0 Å². The van der Waals surface area contributed by atoms with Crippen molar-refractivity contribution in [1.82, 2.24) is 0 Å². The summed E-state index contributed by atoms with van der Waals surface area (Å²) >= 11 is 44.7. The summed E-state index contributed by atoms with van der Waals surface area (Å²) in [4.78, 5) is 0. The molecule has 0 atom stereocenters. The van der Waals surface area contributed by atoms with Gasteiger partial charge in [-0.15, -0.1) is 0 Å². The fourth-order valence-corrected chi connectivity index (χ4v) is 18.1. The van der Waals surface area contributed by atoms with Gasteiger partial charge in [-0.2, -0.15) is 0 Å². The van der Waals surface area contributed by atoms with Crippen LogP contribution in [0.4, 0.5) is 0 Å². The first-order chi connectivity index (χ1) is 51.5.